The van der Waals surface area contributed by atoms with E-state index in [4.69, 9.17) is 0 Å². The monoisotopic (exact) mass is 192 g/mol. The maximum absolute atomic E-state index is 11.6. The largest absolute Gasteiger partial charge is 0.365 e. The molecule has 0 unspecified atom stereocenters. The van der Waals surface area contributed by atoms with Crippen LogP contribution in [0.2, 0.25) is 0 Å². The molecular formula is C12H7BNO. The molecule has 0 spiro atoms. The zero-order chi connectivity index (χ0) is 10.3. The Morgan fingerprint density at radius 2 is 1.80 bits per heavy atom. The van der Waals surface area contributed by atoms with E-state index in [1.54, 1.807) is 6.21 Å². The van der Waals surface area contributed by atoms with Gasteiger partial charge in [0.25, 0.3) is 0 Å². The molecule has 0 atom stereocenters. The van der Waals surface area contributed by atoms with Crippen molar-refractivity contribution in [3.8, 4) is 0 Å². The van der Waals surface area contributed by atoms with E-state index in [2.05, 4.69) is 4.90 Å². The van der Waals surface area contributed by atoms with Crippen LogP contribution in [0.5, 0.6) is 0 Å². The number of benzene rings is 2. The molecule has 1 radical (unpaired) electrons. The van der Waals surface area contributed by atoms with Crippen LogP contribution in [-0.4, -0.2) is 19.3 Å². The minimum atomic E-state index is -0.0155. The molecular weight excluding hydrogens is 185 g/mol. The van der Waals surface area contributed by atoms with E-state index in [1.807, 2.05) is 36.4 Å². The molecule has 3 rings (SSSR count). The van der Waals surface area contributed by atoms with Crippen LogP contribution in [0, 0.1) is 0 Å². The molecule has 15 heavy (non-hydrogen) atoms. The molecule has 1 aliphatic rings. The van der Waals surface area contributed by atoms with E-state index in [1.165, 1.54) is 7.41 Å². The minimum absolute atomic E-state index is 0.0155. The molecule has 0 aliphatic carbocycles. The van der Waals surface area contributed by atoms with E-state index >= 15 is 0 Å². The molecule has 0 saturated carbocycles. The Kier molecular flexibility index (Phi) is 1.71. The lowest BCUT2D eigenvalue weighted by Crippen LogP contribution is -2.15. The van der Waals surface area contributed by atoms with Crippen LogP contribution in [-0.2, 0) is 0 Å². The molecule has 2 nitrogen and oxygen atoms in total. The molecule has 1 heterocycles. The second-order valence-corrected chi connectivity index (χ2v) is 3.56. The Balaban J connectivity index is 2.38. The summed E-state index contributed by atoms with van der Waals surface area (Å²) in [7, 11) is 1.36. The Labute approximate surface area is 87.9 Å². The molecule has 3 heteroatoms. The molecule has 0 bridgehead atoms. The maximum Gasteiger partial charge on any atom is 0.365 e. The SMILES string of the molecule is O=C1[B]N=Cc2cc3ccccc3cc21. The molecule has 0 aromatic heterocycles. The highest BCUT2D eigenvalue weighted by molar-refractivity contribution is 6.78. The molecule has 0 fully saturated rings. The smallest absolute Gasteiger partial charge is 0.343 e. The summed E-state index contributed by atoms with van der Waals surface area (Å²) >= 11 is 0. The lowest BCUT2D eigenvalue weighted by Gasteiger charge is -2.09. The molecule has 69 valence electrons. The Morgan fingerprint density at radius 1 is 1.07 bits per heavy atom. The third kappa shape index (κ3) is 1.28. The van der Waals surface area contributed by atoms with E-state index in [-0.39, 0.29) is 5.68 Å². The fourth-order valence-corrected chi connectivity index (χ4v) is 1.83. The lowest BCUT2D eigenvalue weighted by atomic mass is 9.78. The van der Waals surface area contributed by atoms with Crippen molar-refractivity contribution >= 4 is 30.1 Å². The second kappa shape index (κ2) is 3.06. The van der Waals surface area contributed by atoms with Crippen LogP contribution in [0.1, 0.15) is 15.9 Å². The third-order valence-electron chi connectivity index (χ3n) is 2.59. The molecule has 1 aliphatic heterocycles. The average molecular weight is 192 g/mol. The minimum Gasteiger partial charge on any atom is -0.343 e. The quantitative estimate of drug-likeness (QED) is 0.587. The number of nitrogens with zero attached hydrogens (tertiary/aromatic N) is 1. The Hall–Kier alpha value is -1.90. The highest BCUT2D eigenvalue weighted by atomic mass is 16.1. The standard InChI is InChI=1S/C12H7BNO/c15-12-11-6-9-4-2-1-3-8(9)5-10(11)7-14-13-12/h1-7H. The van der Waals surface area contributed by atoms with Crippen LogP contribution in [0.3, 0.4) is 0 Å². The van der Waals surface area contributed by atoms with Crippen molar-refractivity contribution in [3.63, 3.8) is 0 Å². The lowest BCUT2D eigenvalue weighted by molar-refractivity contribution is 0.107. The molecule has 2 aromatic carbocycles. The zero-order valence-corrected chi connectivity index (χ0v) is 7.97. The predicted molar refractivity (Wildman–Crippen MR) is 61.6 cm³/mol. The van der Waals surface area contributed by atoms with Gasteiger partial charge < -0.3 is 9.70 Å². The average Bonchev–Trinajstić information content (AvgIpc) is 2.27. The van der Waals surface area contributed by atoms with Crippen molar-refractivity contribution in [2.45, 2.75) is 0 Å². The van der Waals surface area contributed by atoms with Gasteiger partial charge in [0.15, 0.2) is 0 Å². The van der Waals surface area contributed by atoms with E-state index < -0.39 is 0 Å². The number of rotatable bonds is 0. The van der Waals surface area contributed by atoms with Crippen molar-refractivity contribution in [1.82, 2.24) is 0 Å². The fourth-order valence-electron chi connectivity index (χ4n) is 1.83. The van der Waals surface area contributed by atoms with Gasteiger partial charge in [-0.3, -0.25) is 0 Å². The normalized spacial score (nSPS) is 13.7. The van der Waals surface area contributed by atoms with Gasteiger partial charge in [-0.25, -0.2) is 0 Å². The first-order valence-corrected chi connectivity index (χ1v) is 4.78. The molecule has 0 N–H and O–H groups in total. The number of carbonyl (C=O) groups is 1. The number of fused-ring (bicyclic) bond motifs is 2. The fraction of sp³-hybridized carbons (Fsp3) is 0. The van der Waals surface area contributed by atoms with Gasteiger partial charge in [0, 0.05) is 17.3 Å². The first-order chi connectivity index (χ1) is 7.34. The van der Waals surface area contributed by atoms with Gasteiger partial charge in [0.1, 0.15) is 5.68 Å². The van der Waals surface area contributed by atoms with Crippen LogP contribution >= 0.6 is 0 Å². The summed E-state index contributed by atoms with van der Waals surface area (Å²) in [6.07, 6.45) is 1.73. The molecule has 0 saturated heterocycles. The van der Waals surface area contributed by atoms with Crippen molar-refractivity contribution in [1.29, 1.82) is 0 Å². The molecule has 0 amide bonds. The van der Waals surface area contributed by atoms with Crippen molar-refractivity contribution in [2.24, 2.45) is 4.90 Å². The van der Waals surface area contributed by atoms with Gasteiger partial charge in [0.2, 0.25) is 0 Å². The summed E-state index contributed by atoms with van der Waals surface area (Å²) < 4.78 is 0. The maximum atomic E-state index is 11.6. The summed E-state index contributed by atoms with van der Waals surface area (Å²) in [5.74, 6) is 0. The van der Waals surface area contributed by atoms with Gasteiger partial charge in [-0.2, -0.15) is 0 Å². The van der Waals surface area contributed by atoms with Crippen LogP contribution < -0.4 is 0 Å². The second-order valence-electron chi connectivity index (χ2n) is 3.56. The first-order valence-electron chi connectivity index (χ1n) is 4.78. The Bertz CT molecular complexity index is 589. The van der Waals surface area contributed by atoms with E-state index in [9.17, 15) is 4.79 Å². The van der Waals surface area contributed by atoms with Gasteiger partial charge in [0.05, 0.1) is 0 Å². The first kappa shape index (κ1) is 8.42. The van der Waals surface area contributed by atoms with Gasteiger partial charge in [-0.1, -0.05) is 24.3 Å². The Morgan fingerprint density at radius 3 is 2.60 bits per heavy atom. The highest BCUT2D eigenvalue weighted by Crippen LogP contribution is 2.20. The summed E-state index contributed by atoms with van der Waals surface area (Å²) in [5, 5.41) is 2.23. The van der Waals surface area contributed by atoms with Crippen LogP contribution in [0.15, 0.2) is 41.3 Å². The van der Waals surface area contributed by atoms with Crippen molar-refractivity contribution < 1.29 is 4.79 Å². The highest BCUT2D eigenvalue weighted by Gasteiger charge is 2.15. The zero-order valence-electron chi connectivity index (χ0n) is 7.97. The summed E-state index contributed by atoms with van der Waals surface area (Å²) in [6, 6.07) is 11.9. The number of carbonyl (C=O) groups excluding carboxylic acids is 1. The van der Waals surface area contributed by atoms with E-state index in [0.717, 1.165) is 21.9 Å². The van der Waals surface area contributed by atoms with Crippen molar-refractivity contribution in [3.05, 3.63) is 47.5 Å². The number of hydrogen-bond donors (Lipinski definition) is 0. The predicted octanol–water partition coefficient (Wildman–Crippen LogP) is 2.03. The summed E-state index contributed by atoms with van der Waals surface area (Å²) in [5.41, 5.74) is 1.63. The van der Waals surface area contributed by atoms with Gasteiger partial charge in [-0.15, -0.1) is 0 Å². The van der Waals surface area contributed by atoms with Crippen LogP contribution in [0.25, 0.3) is 10.8 Å². The van der Waals surface area contributed by atoms with Crippen molar-refractivity contribution in [2.75, 3.05) is 0 Å². The van der Waals surface area contributed by atoms with E-state index in [0.29, 0.717) is 0 Å². The summed E-state index contributed by atoms with van der Waals surface area (Å²) in [4.78, 5) is 15.5. The topological polar surface area (TPSA) is 29.4 Å². The molecule has 2 aromatic rings. The summed E-state index contributed by atoms with van der Waals surface area (Å²) in [6.45, 7) is 0. The van der Waals surface area contributed by atoms with Gasteiger partial charge in [-0.05, 0) is 22.9 Å². The van der Waals surface area contributed by atoms with Crippen LogP contribution in [0.4, 0.5) is 0 Å². The number of hydrogen-bond acceptors (Lipinski definition) is 2. The van der Waals surface area contributed by atoms with Gasteiger partial charge >= 0.3 is 7.41 Å². The third-order valence-corrected chi connectivity index (χ3v) is 2.59.